The van der Waals surface area contributed by atoms with Crippen LogP contribution < -0.4 is 4.90 Å². The molecule has 0 heterocycles. The summed E-state index contributed by atoms with van der Waals surface area (Å²) in [4.78, 5) is 2.54. The summed E-state index contributed by atoms with van der Waals surface area (Å²) in [5, 5.41) is 0. The van der Waals surface area contributed by atoms with Gasteiger partial charge in [0.25, 0.3) is 0 Å². The summed E-state index contributed by atoms with van der Waals surface area (Å²) >= 11 is 5.95. The van der Waals surface area contributed by atoms with Crippen molar-refractivity contribution in [1.29, 1.82) is 0 Å². The lowest BCUT2D eigenvalue weighted by Gasteiger charge is -2.32. The lowest BCUT2D eigenvalue weighted by molar-refractivity contribution is 0.519. The van der Waals surface area contributed by atoms with E-state index in [1.807, 2.05) is 12.1 Å². The van der Waals surface area contributed by atoms with Crippen molar-refractivity contribution in [2.24, 2.45) is 0 Å². The fourth-order valence-corrected chi connectivity index (χ4v) is 4.19. The number of hydrogen-bond donors (Lipinski definition) is 0. The molecule has 0 spiro atoms. The highest BCUT2D eigenvalue weighted by molar-refractivity contribution is 7.89. The average Bonchev–Trinajstić information content (AvgIpc) is 2.98. The highest BCUT2D eigenvalue weighted by Crippen LogP contribution is 2.33. The molecule has 0 N–H and O–H groups in total. The maximum atomic E-state index is 12.5. The number of alkyl halides is 1. The number of sulfonamides is 1. The number of rotatable bonds is 6. The van der Waals surface area contributed by atoms with Gasteiger partial charge in [0.15, 0.2) is 0 Å². The summed E-state index contributed by atoms with van der Waals surface area (Å²) in [7, 11) is -0.326. The van der Waals surface area contributed by atoms with Crippen LogP contribution in [-0.2, 0) is 10.0 Å². The van der Waals surface area contributed by atoms with E-state index in [2.05, 4.69) is 4.90 Å². The van der Waals surface area contributed by atoms with Crippen LogP contribution in [0.3, 0.4) is 0 Å². The largest absolute Gasteiger partial charge is 0.366 e. The van der Waals surface area contributed by atoms with Gasteiger partial charge < -0.3 is 4.90 Å². The molecule has 1 saturated carbocycles. The molecule has 0 amide bonds. The minimum Gasteiger partial charge on any atom is -0.366 e. The molecule has 0 saturated heterocycles. The van der Waals surface area contributed by atoms with E-state index in [0.717, 1.165) is 18.5 Å². The first kappa shape index (κ1) is 16.6. The molecule has 0 atom stereocenters. The Morgan fingerprint density at radius 1 is 1.19 bits per heavy atom. The van der Waals surface area contributed by atoms with Gasteiger partial charge in [-0.1, -0.05) is 25.0 Å². The van der Waals surface area contributed by atoms with E-state index < -0.39 is 10.0 Å². The Morgan fingerprint density at radius 3 is 2.38 bits per heavy atom. The van der Waals surface area contributed by atoms with Gasteiger partial charge in [0.1, 0.15) is 4.90 Å². The van der Waals surface area contributed by atoms with Crippen molar-refractivity contribution >= 4 is 27.3 Å². The van der Waals surface area contributed by atoms with Crippen LogP contribution in [0, 0.1) is 0 Å². The number of para-hydroxylation sites is 1. The lowest BCUT2D eigenvalue weighted by atomic mass is 10.1. The zero-order chi connectivity index (χ0) is 15.5. The third-order valence-corrected chi connectivity index (χ3v) is 6.06. The highest BCUT2D eigenvalue weighted by Gasteiger charge is 2.28. The molecule has 0 radical (unpaired) electrons. The van der Waals surface area contributed by atoms with E-state index in [4.69, 9.17) is 11.6 Å². The maximum Gasteiger partial charge on any atom is 0.244 e. The molecule has 1 aromatic rings. The topological polar surface area (TPSA) is 40.6 Å². The number of hydrogen-bond acceptors (Lipinski definition) is 3. The smallest absolute Gasteiger partial charge is 0.244 e. The first-order chi connectivity index (χ1) is 9.98. The van der Waals surface area contributed by atoms with Gasteiger partial charge in [-0.3, -0.25) is 0 Å². The molecular weight excluding hydrogens is 308 g/mol. The molecule has 0 aromatic heterocycles. The number of nitrogens with zero attached hydrogens (tertiary/aromatic N) is 2. The van der Waals surface area contributed by atoms with Crippen LogP contribution in [0.5, 0.6) is 0 Å². The Bertz CT molecular complexity index is 569. The Kier molecular flexibility index (Phi) is 5.52. The van der Waals surface area contributed by atoms with Crippen molar-refractivity contribution < 1.29 is 8.42 Å². The standard InChI is InChI=1S/C15H23ClN2O2S/c1-17(2)21(19,20)15-10-6-5-9-14(15)18(12-11-16)13-7-3-4-8-13/h5-6,9-10,13H,3-4,7-8,11-12H2,1-2H3. The molecule has 0 bridgehead atoms. The lowest BCUT2D eigenvalue weighted by Crippen LogP contribution is -2.36. The predicted molar refractivity (Wildman–Crippen MR) is 87.6 cm³/mol. The SMILES string of the molecule is CN(C)S(=O)(=O)c1ccccc1N(CCCl)C1CCCC1. The van der Waals surface area contributed by atoms with Gasteiger partial charge in [-0.2, -0.15) is 0 Å². The zero-order valence-corrected chi connectivity index (χ0v) is 14.2. The summed E-state index contributed by atoms with van der Waals surface area (Å²) < 4.78 is 26.3. The second kappa shape index (κ2) is 6.99. The first-order valence-electron chi connectivity index (χ1n) is 7.32. The number of halogens is 1. The molecule has 118 valence electrons. The predicted octanol–water partition coefficient (Wildman–Crippen LogP) is 2.92. The minimum atomic E-state index is -3.45. The second-order valence-electron chi connectivity index (χ2n) is 5.58. The molecule has 0 unspecified atom stereocenters. The Balaban J connectivity index is 2.46. The summed E-state index contributed by atoms with van der Waals surface area (Å²) in [5.41, 5.74) is 0.777. The van der Waals surface area contributed by atoms with Crippen molar-refractivity contribution in [2.45, 2.75) is 36.6 Å². The van der Waals surface area contributed by atoms with Gasteiger partial charge in [0.2, 0.25) is 10.0 Å². The van der Waals surface area contributed by atoms with Crippen LogP contribution in [0.1, 0.15) is 25.7 Å². The van der Waals surface area contributed by atoms with Crippen molar-refractivity contribution in [3.63, 3.8) is 0 Å². The van der Waals surface area contributed by atoms with Crippen molar-refractivity contribution in [2.75, 3.05) is 31.4 Å². The fraction of sp³-hybridized carbons (Fsp3) is 0.600. The van der Waals surface area contributed by atoms with Crippen LogP contribution in [0.2, 0.25) is 0 Å². The van der Waals surface area contributed by atoms with E-state index in [0.29, 0.717) is 23.4 Å². The molecular formula is C15H23ClN2O2S. The van der Waals surface area contributed by atoms with Gasteiger partial charge in [0, 0.05) is 32.6 Å². The average molecular weight is 331 g/mol. The Hall–Kier alpha value is -0.780. The summed E-state index contributed by atoms with van der Waals surface area (Å²) in [5.74, 6) is 0.493. The molecule has 1 aliphatic carbocycles. The van der Waals surface area contributed by atoms with Gasteiger partial charge >= 0.3 is 0 Å². The van der Waals surface area contributed by atoms with Gasteiger partial charge in [0.05, 0.1) is 5.69 Å². The van der Waals surface area contributed by atoms with E-state index in [1.54, 1.807) is 26.2 Å². The van der Waals surface area contributed by atoms with E-state index in [9.17, 15) is 8.42 Å². The summed E-state index contributed by atoms with van der Waals surface area (Å²) in [6.07, 6.45) is 4.61. The zero-order valence-electron chi connectivity index (χ0n) is 12.6. The molecule has 4 nitrogen and oxygen atoms in total. The van der Waals surface area contributed by atoms with Crippen molar-refractivity contribution in [1.82, 2.24) is 4.31 Å². The molecule has 0 aliphatic heterocycles. The monoisotopic (exact) mass is 330 g/mol. The minimum absolute atomic E-state index is 0.368. The van der Waals surface area contributed by atoms with E-state index in [-0.39, 0.29) is 0 Å². The Labute approximate surface area is 132 Å². The fourth-order valence-electron chi connectivity index (χ4n) is 2.92. The van der Waals surface area contributed by atoms with Gasteiger partial charge in [-0.25, -0.2) is 12.7 Å². The Morgan fingerprint density at radius 2 is 1.81 bits per heavy atom. The third kappa shape index (κ3) is 3.52. The summed E-state index contributed by atoms with van der Waals surface area (Å²) in [6.45, 7) is 0.673. The molecule has 1 aromatic carbocycles. The van der Waals surface area contributed by atoms with Crippen molar-refractivity contribution in [3.8, 4) is 0 Å². The van der Waals surface area contributed by atoms with E-state index >= 15 is 0 Å². The third-order valence-electron chi connectivity index (χ3n) is 4.02. The molecule has 1 fully saturated rings. The molecule has 21 heavy (non-hydrogen) atoms. The van der Waals surface area contributed by atoms with E-state index in [1.165, 1.54) is 17.1 Å². The number of anilines is 1. The van der Waals surface area contributed by atoms with Gasteiger partial charge in [-0.05, 0) is 25.0 Å². The van der Waals surface area contributed by atoms with Crippen LogP contribution in [0.4, 0.5) is 5.69 Å². The van der Waals surface area contributed by atoms with Crippen LogP contribution in [-0.4, -0.2) is 45.3 Å². The molecule has 1 aliphatic rings. The van der Waals surface area contributed by atoms with Crippen LogP contribution >= 0.6 is 11.6 Å². The maximum absolute atomic E-state index is 12.5. The molecule has 6 heteroatoms. The normalized spacial score (nSPS) is 16.6. The molecule has 2 rings (SSSR count). The quantitative estimate of drug-likeness (QED) is 0.753. The van der Waals surface area contributed by atoms with Gasteiger partial charge in [-0.15, -0.1) is 11.6 Å². The second-order valence-corrected chi connectivity index (χ2v) is 8.07. The highest BCUT2D eigenvalue weighted by atomic mass is 35.5. The number of benzene rings is 1. The van der Waals surface area contributed by atoms with Crippen LogP contribution in [0.25, 0.3) is 0 Å². The van der Waals surface area contributed by atoms with Crippen molar-refractivity contribution in [3.05, 3.63) is 24.3 Å². The van der Waals surface area contributed by atoms with Crippen LogP contribution in [0.15, 0.2) is 29.2 Å². The summed E-state index contributed by atoms with van der Waals surface area (Å²) in [6, 6.07) is 7.62. The first-order valence-corrected chi connectivity index (χ1v) is 9.30.